The fourth-order valence-corrected chi connectivity index (χ4v) is 3.68. The maximum Gasteiger partial charge on any atom is 0.252 e. The average molecular weight is 320 g/mol. The summed E-state index contributed by atoms with van der Waals surface area (Å²) in [5, 5.41) is 24.0. The fourth-order valence-electron chi connectivity index (χ4n) is 3.68. The zero-order chi connectivity index (χ0) is 18.0. The molecule has 1 amide bonds. The van der Waals surface area contributed by atoms with E-state index in [-0.39, 0.29) is 24.3 Å². The molecule has 1 unspecified atom stereocenters. The first-order valence-electron chi connectivity index (χ1n) is 8.95. The number of hydrogen-bond acceptors (Lipinski definition) is 3. The fraction of sp³-hybridized carbons (Fsp3) is 0.632. The molecule has 128 valence electrons. The molecular weight excluding hydrogens is 290 g/mol. The van der Waals surface area contributed by atoms with E-state index in [0.717, 1.165) is 12.8 Å². The highest BCUT2D eigenvalue weighted by Gasteiger charge is 2.48. The van der Waals surface area contributed by atoms with Gasteiger partial charge in [-0.15, -0.1) is 0 Å². The molecule has 0 aliphatic heterocycles. The molecule has 2 rings (SSSR count). The molecule has 1 fully saturated rings. The third-order valence-electron chi connectivity index (χ3n) is 4.96. The molecule has 1 aliphatic rings. The zero-order valence-electron chi connectivity index (χ0n) is 15.2. The van der Waals surface area contributed by atoms with Gasteiger partial charge >= 0.3 is 0 Å². The summed E-state index contributed by atoms with van der Waals surface area (Å²) in [6.45, 7) is 5.82. The van der Waals surface area contributed by atoms with Gasteiger partial charge in [-0.05, 0) is 36.2 Å². The first kappa shape index (κ1) is 16.5. The van der Waals surface area contributed by atoms with E-state index >= 15 is 0 Å². The minimum Gasteiger partial charge on any atom is -0.387 e. The van der Waals surface area contributed by atoms with Gasteiger partial charge in [0.05, 0.1) is 7.45 Å². The predicted octanol–water partition coefficient (Wildman–Crippen LogP) is 2.66. The van der Waals surface area contributed by atoms with Gasteiger partial charge in [-0.3, -0.25) is 4.79 Å². The van der Waals surface area contributed by atoms with Crippen LogP contribution in [-0.2, 0) is 4.79 Å². The third kappa shape index (κ3) is 4.12. The van der Waals surface area contributed by atoms with E-state index in [0.29, 0.717) is 12.0 Å². The van der Waals surface area contributed by atoms with Gasteiger partial charge in [-0.2, -0.15) is 0 Å². The second-order valence-electron chi connectivity index (χ2n) is 7.16. The van der Waals surface area contributed by atoms with Crippen LogP contribution in [0.2, 0.25) is 0 Å². The topological polar surface area (TPSA) is 69.6 Å². The highest BCUT2D eigenvalue weighted by atomic mass is 16.3. The van der Waals surface area contributed by atoms with Crippen LogP contribution in [0.3, 0.4) is 0 Å². The normalized spacial score (nSPS) is 31.3. The van der Waals surface area contributed by atoms with Gasteiger partial charge in [0.25, 0.3) is 5.91 Å². The quantitative estimate of drug-likeness (QED) is 0.781. The van der Waals surface area contributed by atoms with E-state index in [1.807, 2.05) is 20.8 Å². The molecule has 0 spiro atoms. The first-order chi connectivity index (χ1) is 11.2. The van der Waals surface area contributed by atoms with Gasteiger partial charge in [0.15, 0.2) is 0 Å². The molecular formula is C19H29NO3. The molecule has 1 saturated carbocycles. The molecule has 4 nitrogen and oxygen atoms in total. The van der Waals surface area contributed by atoms with E-state index < -0.39 is 17.6 Å². The number of aliphatic hydroxyl groups is 2. The predicted molar refractivity (Wildman–Crippen MR) is 90.7 cm³/mol. The second-order valence-corrected chi connectivity index (χ2v) is 7.16. The van der Waals surface area contributed by atoms with Crippen molar-refractivity contribution in [2.45, 2.75) is 51.7 Å². The number of carbonyl (C=O) groups is 1. The molecule has 4 heteroatoms. The van der Waals surface area contributed by atoms with Crippen LogP contribution >= 0.6 is 0 Å². The summed E-state index contributed by atoms with van der Waals surface area (Å²) >= 11 is 0. The molecule has 23 heavy (non-hydrogen) atoms. The maximum atomic E-state index is 12.7. The Bertz CT molecular complexity index is 561. The van der Waals surface area contributed by atoms with E-state index in [2.05, 4.69) is 5.32 Å². The van der Waals surface area contributed by atoms with Crippen molar-refractivity contribution in [1.82, 2.24) is 5.32 Å². The Hall–Kier alpha value is -1.39. The van der Waals surface area contributed by atoms with Crippen LogP contribution in [-0.4, -0.2) is 28.3 Å². The average Bonchev–Trinajstić information content (AvgIpc) is 2.53. The molecule has 0 bridgehead atoms. The standard InChI is InChI=1S/C19H29NO3/c1-13(2)16-10-9-14(3)11-19(16,23)18(22)20-12-17(21)15-7-5-4-6-8-15/h4-8,13-14,16-17,21,23H,9-12H2,1-3H3,(H,20,22)/t14-,16+,17?,19+/m1/s1/i17D. The van der Waals surface area contributed by atoms with E-state index in [1.165, 1.54) is 0 Å². The lowest BCUT2D eigenvalue weighted by atomic mass is 9.66. The molecule has 1 aliphatic carbocycles. The molecule has 0 saturated heterocycles. The van der Waals surface area contributed by atoms with Gasteiger partial charge in [0.1, 0.15) is 5.60 Å². The Morgan fingerprint density at radius 3 is 2.65 bits per heavy atom. The van der Waals surface area contributed by atoms with Crippen LogP contribution in [0.15, 0.2) is 30.3 Å². The maximum absolute atomic E-state index is 12.7. The molecule has 1 aromatic rings. The monoisotopic (exact) mass is 320 g/mol. The Morgan fingerprint density at radius 2 is 2.04 bits per heavy atom. The first-order valence-corrected chi connectivity index (χ1v) is 8.45. The van der Waals surface area contributed by atoms with Crippen LogP contribution in [0.1, 0.15) is 53.0 Å². The minimum absolute atomic E-state index is 0.107. The highest BCUT2D eigenvalue weighted by molar-refractivity contribution is 5.85. The summed E-state index contributed by atoms with van der Waals surface area (Å²) in [5.41, 5.74) is -1.02. The molecule has 4 atom stereocenters. The molecule has 0 aromatic heterocycles. The van der Waals surface area contributed by atoms with Gasteiger partial charge in [-0.25, -0.2) is 0 Å². The highest BCUT2D eigenvalue weighted by Crippen LogP contribution is 2.41. The van der Waals surface area contributed by atoms with Crippen molar-refractivity contribution in [2.24, 2.45) is 17.8 Å². The van der Waals surface area contributed by atoms with Gasteiger partial charge in [0.2, 0.25) is 0 Å². The molecule has 0 heterocycles. The number of amides is 1. The van der Waals surface area contributed by atoms with Gasteiger partial charge < -0.3 is 15.5 Å². The van der Waals surface area contributed by atoms with Gasteiger partial charge in [0, 0.05) is 6.54 Å². The minimum atomic E-state index is -1.92. The molecule has 0 radical (unpaired) electrons. The molecule has 1 aromatic carbocycles. The van der Waals surface area contributed by atoms with Crippen molar-refractivity contribution in [2.75, 3.05) is 6.54 Å². The third-order valence-corrected chi connectivity index (χ3v) is 4.96. The summed E-state index contributed by atoms with van der Waals surface area (Å²) in [6.07, 6.45) is 0.321. The Balaban J connectivity index is 2.09. The molecule has 3 N–H and O–H groups in total. The number of hydrogen-bond donors (Lipinski definition) is 3. The summed E-state index contributed by atoms with van der Waals surface area (Å²) in [4.78, 5) is 12.7. The Labute approximate surface area is 140 Å². The van der Waals surface area contributed by atoms with Crippen LogP contribution in [0.25, 0.3) is 0 Å². The number of rotatable bonds is 5. The van der Waals surface area contributed by atoms with E-state index in [4.69, 9.17) is 1.37 Å². The lowest BCUT2D eigenvalue weighted by molar-refractivity contribution is -0.156. The lowest BCUT2D eigenvalue weighted by Crippen LogP contribution is -2.56. The summed E-state index contributed by atoms with van der Waals surface area (Å²) in [5.74, 6) is -0.115. The van der Waals surface area contributed by atoms with Crippen LogP contribution < -0.4 is 5.32 Å². The second kappa shape index (κ2) is 7.45. The number of nitrogens with one attached hydrogen (secondary N) is 1. The summed E-state index contributed by atoms with van der Waals surface area (Å²) < 4.78 is 8.07. The number of benzene rings is 1. The van der Waals surface area contributed by atoms with Gasteiger partial charge in [-0.1, -0.05) is 57.5 Å². The van der Waals surface area contributed by atoms with Crippen LogP contribution in [0.5, 0.6) is 0 Å². The number of carbonyl (C=O) groups excluding carboxylic acids is 1. The largest absolute Gasteiger partial charge is 0.387 e. The smallest absolute Gasteiger partial charge is 0.252 e. The lowest BCUT2D eigenvalue weighted by Gasteiger charge is -2.43. The van der Waals surface area contributed by atoms with Crippen LogP contribution in [0, 0.1) is 17.8 Å². The van der Waals surface area contributed by atoms with Crippen molar-refractivity contribution < 1.29 is 16.4 Å². The Morgan fingerprint density at radius 1 is 1.39 bits per heavy atom. The SMILES string of the molecule is [2H]C(O)(CNC(=O)[C@]1(O)C[C@H](C)CC[C@H]1C(C)C)c1ccccc1. The van der Waals surface area contributed by atoms with Crippen molar-refractivity contribution in [3.05, 3.63) is 35.9 Å². The summed E-state index contributed by atoms with van der Waals surface area (Å²) in [6, 6.07) is 8.57. The van der Waals surface area contributed by atoms with E-state index in [1.54, 1.807) is 30.3 Å². The Kier molecular flexibility index (Phi) is 5.34. The summed E-state index contributed by atoms with van der Waals surface area (Å²) in [7, 11) is 0. The van der Waals surface area contributed by atoms with Crippen molar-refractivity contribution in [1.29, 1.82) is 0 Å². The van der Waals surface area contributed by atoms with Crippen molar-refractivity contribution in [3.8, 4) is 0 Å². The van der Waals surface area contributed by atoms with Crippen LogP contribution in [0.4, 0.5) is 0 Å². The van der Waals surface area contributed by atoms with Crippen molar-refractivity contribution >= 4 is 5.91 Å². The van der Waals surface area contributed by atoms with Crippen molar-refractivity contribution in [3.63, 3.8) is 0 Å². The zero-order valence-corrected chi connectivity index (χ0v) is 14.2. The van der Waals surface area contributed by atoms with E-state index in [9.17, 15) is 15.0 Å².